The Morgan fingerprint density at radius 3 is 2.61 bits per heavy atom. The number of hydrogen-bond acceptors (Lipinski definition) is 6. The number of para-hydroxylation sites is 1. The van der Waals surface area contributed by atoms with Gasteiger partial charge in [-0.1, -0.05) is 37.3 Å². The molecular formula is C29H33N3O5S. The van der Waals surface area contributed by atoms with Crippen LogP contribution >= 0.6 is 11.8 Å². The van der Waals surface area contributed by atoms with Crippen molar-refractivity contribution in [3.63, 3.8) is 0 Å². The Hall–Kier alpha value is -3.30. The van der Waals surface area contributed by atoms with E-state index >= 15 is 0 Å². The zero-order valence-electron chi connectivity index (χ0n) is 21.6. The lowest BCUT2D eigenvalue weighted by Gasteiger charge is -2.31. The molecule has 2 fully saturated rings. The average Bonchev–Trinajstić information content (AvgIpc) is 3.56. The number of carbonyl (C=O) groups is 3. The lowest BCUT2D eigenvalue weighted by atomic mass is 9.76. The van der Waals surface area contributed by atoms with Crippen LogP contribution in [0.2, 0.25) is 0 Å². The Kier molecular flexibility index (Phi) is 7.49. The van der Waals surface area contributed by atoms with Crippen molar-refractivity contribution in [2.75, 3.05) is 25.2 Å². The molecule has 2 amide bonds. The minimum Gasteiger partial charge on any atom is -0.494 e. The van der Waals surface area contributed by atoms with Crippen molar-refractivity contribution < 1.29 is 24.2 Å². The number of likely N-dealkylation sites (tertiary alicyclic amines) is 1. The summed E-state index contributed by atoms with van der Waals surface area (Å²) >= 11 is 1.65. The number of aromatic nitrogens is 1. The van der Waals surface area contributed by atoms with Gasteiger partial charge < -0.3 is 14.8 Å². The molecule has 1 aromatic heterocycles. The second-order valence-corrected chi connectivity index (χ2v) is 11.0. The summed E-state index contributed by atoms with van der Waals surface area (Å²) < 4.78 is 5.71. The van der Waals surface area contributed by atoms with Crippen LogP contribution in [0.25, 0.3) is 10.9 Å². The first kappa shape index (κ1) is 26.3. The molecule has 8 nitrogen and oxygen atoms in total. The summed E-state index contributed by atoms with van der Waals surface area (Å²) in [6.07, 6.45) is 5.40. The molecule has 5 rings (SSSR count). The van der Waals surface area contributed by atoms with Crippen molar-refractivity contribution in [1.82, 2.24) is 15.2 Å². The number of thioether (sulfide) groups is 1. The summed E-state index contributed by atoms with van der Waals surface area (Å²) in [6.45, 7) is 2.92. The molecule has 0 aliphatic carbocycles. The van der Waals surface area contributed by atoms with E-state index in [0.29, 0.717) is 25.3 Å². The molecule has 3 N–H and O–H groups in total. The van der Waals surface area contributed by atoms with Crippen molar-refractivity contribution in [1.29, 1.82) is 0 Å². The number of carboxylic acid groups (broad SMARTS) is 1. The minimum absolute atomic E-state index is 0.0688. The monoisotopic (exact) mass is 535 g/mol. The van der Waals surface area contributed by atoms with E-state index < -0.39 is 35.3 Å². The molecule has 4 atom stereocenters. The zero-order chi connectivity index (χ0) is 26.9. The number of nitrogens with zero attached hydrogens (tertiary/aromatic N) is 1. The molecule has 0 radical (unpaired) electrons. The number of nitrogens with one attached hydrogen (secondary N) is 2. The summed E-state index contributed by atoms with van der Waals surface area (Å²) in [7, 11) is 0. The summed E-state index contributed by atoms with van der Waals surface area (Å²) in [5.74, 6) is -2.13. The highest BCUT2D eigenvalue weighted by Crippen LogP contribution is 2.50. The highest BCUT2D eigenvalue weighted by Gasteiger charge is 2.68. The second-order valence-electron chi connectivity index (χ2n) is 10.0. The van der Waals surface area contributed by atoms with Crippen LogP contribution in [0, 0.1) is 11.8 Å². The van der Waals surface area contributed by atoms with E-state index in [4.69, 9.17) is 4.74 Å². The summed E-state index contributed by atoms with van der Waals surface area (Å²) in [4.78, 5) is 45.2. The molecule has 3 heterocycles. The molecule has 0 bridgehead atoms. The topological polar surface area (TPSA) is 112 Å². The number of H-pyrrole nitrogens is 1. The smallest absolute Gasteiger partial charge is 0.325 e. The van der Waals surface area contributed by atoms with Gasteiger partial charge in [-0.25, -0.2) is 0 Å². The van der Waals surface area contributed by atoms with Gasteiger partial charge >= 0.3 is 5.97 Å². The Labute approximate surface area is 226 Å². The van der Waals surface area contributed by atoms with Gasteiger partial charge in [0.15, 0.2) is 0 Å². The maximum absolute atomic E-state index is 13.8. The summed E-state index contributed by atoms with van der Waals surface area (Å²) in [5.41, 5.74) is 0.806. The van der Waals surface area contributed by atoms with E-state index in [-0.39, 0.29) is 12.3 Å². The van der Waals surface area contributed by atoms with Crippen LogP contribution in [-0.2, 0) is 20.8 Å². The third kappa shape index (κ3) is 4.47. The summed E-state index contributed by atoms with van der Waals surface area (Å²) in [5, 5.41) is 14.9. The lowest BCUT2D eigenvalue weighted by molar-refractivity contribution is -0.151. The van der Waals surface area contributed by atoms with E-state index in [1.165, 1.54) is 4.90 Å². The van der Waals surface area contributed by atoms with Crippen LogP contribution in [0.5, 0.6) is 5.75 Å². The van der Waals surface area contributed by atoms with Crippen LogP contribution in [0.3, 0.4) is 0 Å². The number of carboxylic acids is 1. The predicted octanol–water partition coefficient (Wildman–Crippen LogP) is 4.02. The number of carbonyl (C=O) groups excluding carboxylic acids is 2. The molecule has 2 aromatic carbocycles. The van der Waals surface area contributed by atoms with Crippen molar-refractivity contribution in [3.8, 4) is 5.75 Å². The van der Waals surface area contributed by atoms with E-state index in [2.05, 4.69) is 10.3 Å². The van der Waals surface area contributed by atoms with Crippen molar-refractivity contribution >= 4 is 40.4 Å². The van der Waals surface area contributed by atoms with E-state index in [0.717, 1.165) is 34.2 Å². The highest BCUT2D eigenvalue weighted by molar-refractivity contribution is 7.98. The molecule has 9 heteroatoms. The number of rotatable bonds is 11. The molecule has 38 heavy (non-hydrogen) atoms. The quantitative estimate of drug-likeness (QED) is 0.251. The average molecular weight is 536 g/mol. The van der Waals surface area contributed by atoms with E-state index in [1.54, 1.807) is 18.0 Å². The van der Waals surface area contributed by atoms with Crippen molar-refractivity contribution in [2.24, 2.45) is 11.8 Å². The number of imide groups is 1. The van der Waals surface area contributed by atoms with Gasteiger partial charge in [0, 0.05) is 36.1 Å². The van der Waals surface area contributed by atoms with Crippen molar-refractivity contribution in [3.05, 3.63) is 65.9 Å². The minimum atomic E-state index is -1.64. The van der Waals surface area contributed by atoms with Crippen LogP contribution < -0.4 is 10.1 Å². The maximum atomic E-state index is 13.8. The molecular weight excluding hydrogens is 502 g/mol. The molecule has 4 unspecified atom stereocenters. The molecule has 3 aromatic rings. The Bertz CT molecular complexity index is 1340. The number of benzene rings is 2. The SMILES string of the molecule is CCCOc1ccc(C2NC(Cc3c[nH]c4ccccc34)(C(=O)O)C3C(=O)N(CCCSC)C(=O)C23)cc1. The van der Waals surface area contributed by atoms with Gasteiger partial charge in [0.2, 0.25) is 11.8 Å². The van der Waals surface area contributed by atoms with Gasteiger partial charge in [0.1, 0.15) is 11.3 Å². The first-order chi connectivity index (χ1) is 18.4. The van der Waals surface area contributed by atoms with Crippen LogP contribution in [0.15, 0.2) is 54.7 Å². The maximum Gasteiger partial charge on any atom is 0.325 e. The Balaban J connectivity index is 1.56. The van der Waals surface area contributed by atoms with Gasteiger partial charge in [-0.15, -0.1) is 0 Å². The number of fused-ring (bicyclic) bond motifs is 2. The van der Waals surface area contributed by atoms with Crippen LogP contribution in [0.1, 0.15) is 36.9 Å². The zero-order valence-corrected chi connectivity index (χ0v) is 22.4. The Morgan fingerprint density at radius 2 is 1.89 bits per heavy atom. The third-order valence-electron chi connectivity index (χ3n) is 7.71. The summed E-state index contributed by atoms with van der Waals surface area (Å²) in [6, 6.07) is 14.4. The number of hydrogen-bond donors (Lipinski definition) is 3. The third-order valence-corrected chi connectivity index (χ3v) is 8.41. The standard InChI is InChI=1S/C29H33N3O5S/c1-3-14-37-20-11-9-18(10-12-20)25-23-24(27(34)32(26(23)33)13-6-15-38-2)29(31-25,28(35)36)16-19-17-30-22-8-5-4-7-21(19)22/h4-5,7-12,17,23-25,30-31H,3,6,13-16H2,1-2H3,(H,35,36). The fourth-order valence-electron chi connectivity index (χ4n) is 5.94. The first-order valence-electron chi connectivity index (χ1n) is 13.0. The van der Waals surface area contributed by atoms with Gasteiger partial charge in [0.25, 0.3) is 0 Å². The van der Waals surface area contributed by atoms with Crippen LogP contribution in [0.4, 0.5) is 0 Å². The number of amides is 2. The highest BCUT2D eigenvalue weighted by atomic mass is 32.2. The number of ether oxygens (including phenoxy) is 1. The van der Waals surface area contributed by atoms with Crippen molar-refractivity contribution in [2.45, 2.75) is 37.8 Å². The largest absolute Gasteiger partial charge is 0.494 e. The molecule has 200 valence electrons. The predicted molar refractivity (Wildman–Crippen MR) is 147 cm³/mol. The van der Waals surface area contributed by atoms with Crippen LogP contribution in [-0.4, -0.2) is 63.5 Å². The normalized spacial score (nSPS) is 24.8. The number of aromatic amines is 1. The van der Waals surface area contributed by atoms with E-state index in [1.807, 2.05) is 61.7 Å². The fraction of sp³-hybridized carbons (Fsp3) is 0.414. The lowest BCUT2D eigenvalue weighted by Crippen LogP contribution is -2.57. The number of aliphatic carboxylic acids is 1. The molecule has 2 aliphatic heterocycles. The fourth-order valence-corrected chi connectivity index (χ4v) is 6.36. The second kappa shape index (κ2) is 10.8. The van der Waals surface area contributed by atoms with Gasteiger partial charge in [-0.3, -0.25) is 24.6 Å². The molecule has 2 aliphatic rings. The van der Waals surface area contributed by atoms with Gasteiger partial charge in [-0.2, -0.15) is 11.8 Å². The molecule has 2 saturated heterocycles. The molecule has 0 saturated carbocycles. The first-order valence-corrected chi connectivity index (χ1v) is 14.4. The van der Waals surface area contributed by atoms with Gasteiger partial charge in [0.05, 0.1) is 18.4 Å². The van der Waals surface area contributed by atoms with E-state index in [9.17, 15) is 19.5 Å². The molecule has 0 spiro atoms. The van der Waals surface area contributed by atoms with Gasteiger partial charge in [-0.05, 0) is 54.2 Å². The Morgan fingerprint density at radius 1 is 1.13 bits per heavy atom.